The van der Waals surface area contributed by atoms with Crippen molar-refractivity contribution in [2.24, 2.45) is 7.05 Å². The Bertz CT molecular complexity index is 1030. The predicted molar refractivity (Wildman–Crippen MR) is 104 cm³/mol. The van der Waals surface area contributed by atoms with Gasteiger partial charge in [-0.15, -0.1) is 5.10 Å². The van der Waals surface area contributed by atoms with Crippen molar-refractivity contribution < 1.29 is 13.9 Å². The smallest absolute Gasteiger partial charge is 0.317 e. The van der Waals surface area contributed by atoms with Gasteiger partial charge in [0.05, 0.1) is 0 Å². The van der Waals surface area contributed by atoms with Crippen molar-refractivity contribution in [2.75, 3.05) is 13.2 Å². The Morgan fingerprint density at radius 2 is 2.00 bits per heavy atom. The maximum absolute atomic E-state index is 13.0. The summed E-state index contributed by atoms with van der Waals surface area (Å²) in [6.45, 7) is 1.54. The zero-order valence-electron chi connectivity index (χ0n) is 14.7. The zero-order valence-corrected chi connectivity index (χ0v) is 16.8. The SMILES string of the molecule is Cn1c(OCc2ccc(F)cc2)nn2c(C3CCOCC3)nc(I)c2c1=O. The molecule has 1 aliphatic heterocycles. The topological polar surface area (TPSA) is 70.7 Å². The molecule has 27 heavy (non-hydrogen) atoms. The first-order valence-corrected chi connectivity index (χ1v) is 9.72. The Labute approximate surface area is 168 Å². The quantitative estimate of drug-likeness (QED) is 0.533. The maximum atomic E-state index is 13.0. The van der Waals surface area contributed by atoms with Gasteiger partial charge in [0.2, 0.25) is 0 Å². The average Bonchev–Trinajstić information content (AvgIpc) is 3.02. The van der Waals surface area contributed by atoms with Gasteiger partial charge in [-0.25, -0.2) is 13.9 Å². The molecular formula is C18H18FIN4O3. The summed E-state index contributed by atoms with van der Waals surface area (Å²) < 4.78 is 27.8. The van der Waals surface area contributed by atoms with Crippen LogP contribution in [0.25, 0.3) is 5.52 Å². The third-order valence-corrected chi connectivity index (χ3v) is 5.44. The minimum Gasteiger partial charge on any atom is -0.459 e. The van der Waals surface area contributed by atoms with Gasteiger partial charge in [-0.1, -0.05) is 12.1 Å². The fraction of sp³-hybridized carbons (Fsp3) is 0.389. The normalized spacial score (nSPS) is 15.4. The lowest BCUT2D eigenvalue weighted by atomic mass is 10.00. The van der Waals surface area contributed by atoms with Crippen LogP contribution in [0.3, 0.4) is 0 Å². The van der Waals surface area contributed by atoms with E-state index in [0.29, 0.717) is 22.4 Å². The number of imidazole rings is 1. The number of hydrogen-bond acceptors (Lipinski definition) is 5. The van der Waals surface area contributed by atoms with Crippen molar-refractivity contribution in [1.29, 1.82) is 0 Å². The molecule has 0 aliphatic carbocycles. The van der Waals surface area contributed by atoms with Gasteiger partial charge in [-0.3, -0.25) is 9.36 Å². The molecular weight excluding hydrogens is 466 g/mol. The second-order valence-electron chi connectivity index (χ2n) is 6.47. The van der Waals surface area contributed by atoms with Crippen LogP contribution in [-0.2, 0) is 18.4 Å². The molecule has 9 heteroatoms. The molecule has 3 aromatic rings. The molecule has 1 fully saturated rings. The number of nitrogens with zero attached hydrogens (tertiary/aromatic N) is 4. The minimum atomic E-state index is -0.306. The highest BCUT2D eigenvalue weighted by Gasteiger charge is 2.25. The van der Waals surface area contributed by atoms with E-state index in [4.69, 9.17) is 9.47 Å². The third-order valence-electron chi connectivity index (χ3n) is 4.68. The molecule has 0 atom stereocenters. The van der Waals surface area contributed by atoms with Crippen LogP contribution in [0.5, 0.6) is 6.01 Å². The van der Waals surface area contributed by atoms with E-state index >= 15 is 0 Å². The molecule has 0 saturated carbocycles. The summed E-state index contributed by atoms with van der Waals surface area (Å²) in [6, 6.07) is 6.21. The lowest BCUT2D eigenvalue weighted by molar-refractivity contribution is 0.0831. The van der Waals surface area contributed by atoms with Gasteiger partial charge in [0, 0.05) is 26.2 Å². The zero-order chi connectivity index (χ0) is 19.0. The summed E-state index contributed by atoms with van der Waals surface area (Å²) in [5.41, 5.74) is 1.03. The summed E-state index contributed by atoms with van der Waals surface area (Å²) in [7, 11) is 1.62. The Morgan fingerprint density at radius 3 is 2.70 bits per heavy atom. The fourth-order valence-electron chi connectivity index (χ4n) is 3.16. The largest absolute Gasteiger partial charge is 0.459 e. The van der Waals surface area contributed by atoms with E-state index < -0.39 is 0 Å². The minimum absolute atomic E-state index is 0.185. The van der Waals surface area contributed by atoms with Crippen molar-refractivity contribution in [3.63, 3.8) is 0 Å². The highest BCUT2D eigenvalue weighted by molar-refractivity contribution is 14.1. The molecule has 0 radical (unpaired) electrons. The summed E-state index contributed by atoms with van der Waals surface area (Å²) in [5.74, 6) is 0.654. The van der Waals surface area contributed by atoms with Gasteiger partial charge in [-0.05, 0) is 53.1 Å². The van der Waals surface area contributed by atoms with E-state index in [2.05, 4.69) is 32.7 Å². The summed E-state index contributed by atoms with van der Waals surface area (Å²) in [4.78, 5) is 17.4. The number of benzene rings is 1. The number of halogens is 2. The molecule has 4 rings (SSSR count). The molecule has 0 N–H and O–H groups in total. The maximum Gasteiger partial charge on any atom is 0.317 e. The van der Waals surface area contributed by atoms with E-state index in [0.717, 1.165) is 24.2 Å². The van der Waals surface area contributed by atoms with Crippen molar-refractivity contribution in [3.8, 4) is 6.01 Å². The predicted octanol–water partition coefficient (Wildman–Crippen LogP) is 2.64. The van der Waals surface area contributed by atoms with Gasteiger partial charge in [0.25, 0.3) is 5.56 Å². The van der Waals surface area contributed by atoms with Crippen LogP contribution in [0, 0.1) is 9.52 Å². The first-order valence-electron chi connectivity index (χ1n) is 8.64. The number of rotatable bonds is 4. The second kappa shape index (κ2) is 7.55. The first-order chi connectivity index (χ1) is 13.0. The van der Waals surface area contributed by atoms with Gasteiger partial charge >= 0.3 is 6.01 Å². The Kier molecular flexibility index (Phi) is 5.13. The van der Waals surface area contributed by atoms with E-state index in [1.807, 2.05) is 0 Å². The fourth-order valence-corrected chi connectivity index (χ4v) is 3.86. The molecule has 0 spiro atoms. The molecule has 3 heterocycles. The van der Waals surface area contributed by atoms with Crippen molar-refractivity contribution in [3.05, 3.63) is 55.5 Å². The van der Waals surface area contributed by atoms with Crippen LogP contribution in [0.4, 0.5) is 4.39 Å². The highest BCUT2D eigenvalue weighted by Crippen LogP contribution is 2.27. The summed E-state index contributed by atoms with van der Waals surface area (Å²) in [5, 5.41) is 4.54. The highest BCUT2D eigenvalue weighted by atomic mass is 127. The molecule has 0 unspecified atom stereocenters. The van der Waals surface area contributed by atoms with Gasteiger partial charge in [-0.2, -0.15) is 0 Å². The molecule has 0 bridgehead atoms. The molecule has 1 aliphatic rings. The number of ether oxygens (including phenoxy) is 2. The summed E-state index contributed by atoms with van der Waals surface area (Å²) in [6.07, 6.45) is 1.69. The van der Waals surface area contributed by atoms with Crippen LogP contribution >= 0.6 is 22.6 Å². The molecule has 142 valence electrons. The molecule has 2 aromatic heterocycles. The standard InChI is InChI=1S/C18H18FIN4O3/c1-23-17(25)14-15(20)21-16(12-6-8-26-9-7-12)24(14)22-18(23)27-10-11-2-4-13(19)5-3-11/h2-5,12H,6-10H2,1H3. The number of hydrogen-bond donors (Lipinski definition) is 0. The van der Waals surface area contributed by atoms with E-state index in [1.165, 1.54) is 16.7 Å². The molecule has 1 saturated heterocycles. The Morgan fingerprint density at radius 1 is 1.30 bits per heavy atom. The lowest BCUT2D eigenvalue weighted by Crippen LogP contribution is -2.25. The van der Waals surface area contributed by atoms with Crippen LogP contribution in [0.2, 0.25) is 0 Å². The van der Waals surface area contributed by atoms with Crippen molar-refractivity contribution in [1.82, 2.24) is 19.2 Å². The van der Waals surface area contributed by atoms with Crippen LogP contribution in [0.15, 0.2) is 29.1 Å². The first kappa shape index (κ1) is 18.4. The van der Waals surface area contributed by atoms with Crippen LogP contribution in [-0.4, -0.2) is 32.4 Å². The van der Waals surface area contributed by atoms with E-state index in [1.54, 1.807) is 23.7 Å². The van der Waals surface area contributed by atoms with Crippen molar-refractivity contribution in [2.45, 2.75) is 25.4 Å². The Hall–Kier alpha value is -2.01. The number of fused-ring (bicyclic) bond motifs is 1. The molecule has 7 nitrogen and oxygen atoms in total. The third kappa shape index (κ3) is 3.57. The number of aromatic nitrogens is 4. The lowest BCUT2D eigenvalue weighted by Gasteiger charge is -2.20. The van der Waals surface area contributed by atoms with Crippen molar-refractivity contribution >= 4 is 28.1 Å². The monoisotopic (exact) mass is 484 g/mol. The van der Waals surface area contributed by atoms with E-state index in [9.17, 15) is 9.18 Å². The van der Waals surface area contributed by atoms with E-state index in [-0.39, 0.29) is 29.9 Å². The van der Waals surface area contributed by atoms with Crippen LogP contribution < -0.4 is 10.3 Å². The van der Waals surface area contributed by atoms with Crippen LogP contribution in [0.1, 0.15) is 30.1 Å². The van der Waals surface area contributed by atoms with Gasteiger partial charge in [0.15, 0.2) is 5.52 Å². The Balaban J connectivity index is 1.71. The van der Waals surface area contributed by atoms with Gasteiger partial charge in [0.1, 0.15) is 21.9 Å². The molecule has 1 aromatic carbocycles. The van der Waals surface area contributed by atoms with Gasteiger partial charge < -0.3 is 9.47 Å². The average molecular weight is 484 g/mol. The second-order valence-corrected chi connectivity index (χ2v) is 7.49. The molecule has 0 amide bonds. The summed E-state index contributed by atoms with van der Waals surface area (Å²) >= 11 is 2.07.